The van der Waals surface area contributed by atoms with Gasteiger partial charge in [0.1, 0.15) is 72.5 Å². The monoisotopic (exact) mass is 1190 g/mol. The molecule has 0 saturated carbocycles. The Morgan fingerprint density at radius 3 is 1.90 bits per heavy atom. The van der Waals surface area contributed by atoms with Crippen molar-refractivity contribution in [2.75, 3.05) is 67.6 Å². The third kappa shape index (κ3) is 11.8. The number of methoxy groups -OCH3 is 1. The summed E-state index contributed by atoms with van der Waals surface area (Å²) in [6.07, 6.45) is -16.2. The molecule has 78 heavy (non-hydrogen) atoms. The van der Waals surface area contributed by atoms with Gasteiger partial charge >= 0.3 is 31.3 Å². The zero-order valence-electron chi connectivity index (χ0n) is 40.6. The average molecular weight is 1190 g/mol. The number of aromatic nitrogens is 10. The molecule has 7 unspecified atom stereocenters. The standard InChI is InChI=1S/C35H51N15O24P4/c1-12(2)68-22-14(70-32(21(22)53)49-10-42-17-27(49)43-34(37)45-29(17)54)6-65-75(56,57)72-23-15(71-33(24(23)64-4)48-9-41-16-25(36)39-8-40-26(16)48)7-67-77(60,61)74-78(62,63)73-76(58,59)66-5-13-19(51)20(52)31(69-13)50-11-47(3)18-28(50)44-35(38)46-30(18)55/h8-10,12-15,19-24,31-33,51-53H,5-7,11H2,1-4H3,(H,56,57)(H,58,59)(H,60,61)(H,62,63)(H2,36,39,40)(H3,37,43,45,54)(H3,38,44,46,55)/t13-,14-,15-,19+,20?,21+,22?,23?,24+,31-,32-,33-/m1/s1. The molecule has 0 aromatic carbocycles. The molecule has 9 heterocycles. The van der Waals surface area contributed by atoms with Crippen molar-refractivity contribution >= 4 is 82.8 Å². The first-order valence-corrected chi connectivity index (χ1v) is 28.6. The molecule has 4 aliphatic heterocycles. The van der Waals surface area contributed by atoms with E-state index in [4.69, 9.17) is 59.0 Å². The van der Waals surface area contributed by atoms with E-state index >= 15 is 0 Å². The number of imidazole rings is 2. The predicted octanol–water partition coefficient (Wildman–Crippen LogP) is -3.02. The molecule has 5 aromatic rings. The number of rotatable bonds is 21. The van der Waals surface area contributed by atoms with Gasteiger partial charge in [-0.05, 0) is 13.8 Å². The van der Waals surface area contributed by atoms with Crippen LogP contribution in [0.25, 0.3) is 22.3 Å². The number of H-pyrrole nitrogens is 2. The Hall–Kier alpha value is -5.02. The van der Waals surface area contributed by atoms with Crippen LogP contribution in [0, 0.1) is 0 Å². The summed E-state index contributed by atoms with van der Waals surface area (Å²) in [7, 11) is -20.8. The van der Waals surface area contributed by atoms with Crippen molar-refractivity contribution < 1.29 is 104 Å². The van der Waals surface area contributed by atoms with E-state index in [9.17, 15) is 62.7 Å². The second kappa shape index (κ2) is 21.8. The fourth-order valence-corrected chi connectivity index (χ4v) is 13.4. The highest BCUT2D eigenvalue weighted by Crippen LogP contribution is 2.68. The van der Waals surface area contributed by atoms with Crippen molar-refractivity contribution in [3.63, 3.8) is 0 Å². The third-order valence-corrected chi connectivity index (χ3v) is 17.4. The van der Waals surface area contributed by atoms with E-state index in [0.29, 0.717) is 0 Å². The molecule has 43 heteroatoms. The summed E-state index contributed by atoms with van der Waals surface area (Å²) in [6.45, 7) is -0.0841. The highest BCUT2D eigenvalue weighted by molar-refractivity contribution is 7.66. The van der Waals surface area contributed by atoms with Crippen LogP contribution in [0.2, 0.25) is 0 Å². The number of ether oxygens (including phenoxy) is 5. The van der Waals surface area contributed by atoms with Gasteiger partial charge in [-0.3, -0.25) is 46.8 Å². The lowest BCUT2D eigenvalue weighted by molar-refractivity contribution is -0.0814. The lowest BCUT2D eigenvalue weighted by Gasteiger charge is -2.27. The van der Waals surface area contributed by atoms with E-state index in [1.54, 1.807) is 13.8 Å². The predicted molar refractivity (Wildman–Crippen MR) is 257 cm³/mol. The molecule has 430 valence electrons. The zero-order valence-corrected chi connectivity index (χ0v) is 44.2. The van der Waals surface area contributed by atoms with Crippen molar-refractivity contribution in [3.05, 3.63) is 39.7 Å². The first-order chi connectivity index (χ1) is 36.6. The quantitative estimate of drug-likeness (QED) is 0.0326. The first kappa shape index (κ1) is 57.7. The molecule has 5 aromatic heterocycles. The molecule has 0 amide bonds. The number of hydrogen-bond donors (Lipinski definition) is 12. The van der Waals surface area contributed by atoms with Gasteiger partial charge in [-0.1, -0.05) is 0 Å². The molecule has 0 spiro atoms. The smallest absolute Gasteiger partial charge is 0.387 e. The lowest BCUT2D eigenvalue weighted by atomic mass is 10.1. The van der Waals surface area contributed by atoms with Gasteiger partial charge in [0.25, 0.3) is 11.1 Å². The zero-order chi connectivity index (χ0) is 56.6. The largest absolute Gasteiger partial charge is 0.490 e. The number of nitrogens with zero attached hydrogens (tertiary/aromatic N) is 10. The topological polar surface area (TPSA) is 549 Å². The first-order valence-electron chi connectivity index (χ1n) is 22.6. The minimum absolute atomic E-state index is 0.0234. The Bertz CT molecular complexity index is 3370. The van der Waals surface area contributed by atoms with E-state index in [-0.39, 0.29) is 58.2 Å². The normalized spacial score (nSPS) is 30.5. The summed E-state index contributed by atoms with van der Waals surface area (Å²) < 4.78 is 114. The maximum Gasteiger partial charge on any atom is 0.490 e. The van der Waals surface area contributed by atoms with Crippen LogP contribution in [-0.4, -0.2) is 192 Å². The van der Waals surface area contributed by atoms with Crippen LogP contribution in [0.5, 0.6) is 0 Å². The second-order valence-electron chi connectivity index (χ2n) is 17.8. The number of nitrogen functional groups attached to an aromatic ring is 3. The molecule has 3 fully saturated rings. The SMILES string of the molecule is CO[C@H]1C(OP(=O)(O)OC[C@H]2O[C@@H](n3cnc4c(=O)[nH]c(N)nc43)[C@@H](O)C2OC(C)C)[C@@H](COP(=O)(O)OP(=O)(O)OP(=O)(O)OC[C@H]2O[C@@H](N3CN(C)c4c3nc(N)[nH]c4=O)C(O)[C@H]2O)O[C@H]1n1cnc2c(N)ncnc21. The number of aromatic amines is 2. The molecule has 0 bridgehead atoms. The van der Waals surface area contributed by atoms with E-state index in [1.807, 2.05) is 0 Å². The number of phosphoric ester groups is 3. The van der Waals surface area contributed by atoms with E-state index in [1.165, 1.54) is 26.0 Å². The highest BCUT2D eigenvalue weighted by Gasteiger charge is 2.54. The van der Waals surface area contributed by atoms with Gasteiger partial charge in [0.2, 0.25) is 11.9 Å². The van der Waals surface area contributed by atoms with Crippen LogP contribution in [-0.2, 0) is 68.7 Å². The lowest BCUT2D eigenvalue weighted by Crippen LogP contribution is -2.45. The van der Waals surface area contributed by atoms with Crippen LogP contribution < -0.4 is 38.1 Å². The summed E-state index contributed by atoms with van der Waals surface area (Å²) in [5.74, 6) is -0.685. The number of aliphatic hydroxyl groups is 3. The number of nitrogens with one attached hydrogen (secondary N) is 2. The van der Waals surface area contributed by atoms with Gasteiger partial charge < -0.3 is 85.6 Å². The Labute approximate surface area is 435 Å². The minimum atomic E-state index is -6.20. The van der Waals surface area contributed by atoms with Gasteiger partial charge in [0, 0.05) is 14.2 Å². The average Bonchev–Trinajstić information content (AvgIpc) is 4.28. The molecular formula is C35H51N15O24P4. The molecule has 4 aliphatic rings. The van der Waals surface area contributed by atoms with Crippen molar-refractivity contribution in [3.8, 4) is 0 Å². The molecular weight excluding hydrogens is 1140 g/mol. The number of phosphoric acid groups is 4. The van der Waals surface area contributed by atoms with Gasteiger partial charge in [0.15, 0.2) is 47.1 Å². The fourth-order valence-electron chi connectivity index (χ4n) is 8.91. The molecule has 16 atom stereocenters. The number of anilines is 5. The van der Waals surface area contributed by atoms with E-state index < -0.39 is 142 Å². The Kier molecular flexibility index (Phi) is 16.1. The molecule has 9 rings (SSSR count). The fraction of sp³-hybridized carbons (Fsp3) is 0.600. The summed E-state index contributed by atoms with van der Waals surface area (Å²) in [5.41, 5.74) is 15.9. The Balaban J connectivity index is 0.872. The van der Waals surface area contributed by atoms with Gasteiger partial charge in [0.05, 0.1) is 45.2 Å². The number of aliphatic hydroxyl groups excluding tert-OH is 3. The molecule has 15 N–H and O–H groups in total. The van der Waals surface area contributed by atoms with Crippen molar-refractivity contribution in [1.29, 1.82) is 0 Å². The number of fused-ring (bicyclic) bond motifs is 3. The van der Waals surface area contributed by atoms with E-state index in [0.717, 1.165) is 26.1 Å². The summed E-state index contributed by atoms with van der Waals surface area (Å²) >= 11 is 0. The number of nitrogens with two attached hydrogens (primary N) is 3. The van der Waals surface area contributed by atoms with Crippen LogP contribution in [0.3, 0.4) is 0 Å². The van der Waals surface area contributed by atoms with E-state index in [2.05, 4.69) is 48.5 Å². The summed E-state index contributed by atoms with van der Waals surface area (Å²) in [6, 6.07) is 0. The Morgan fingerprint density at radius 1 is 0.679 bits per heavy atom. The maximum atomic E-state index is 13.9. The van der Waals surface area contributed by atoms with Crippen LogP contribution >= 0.6 is 31.3 Å². The Morgan fingerprint density at radius 2 is 1.24 bits per heavy atom. The van der Waals surface area contributed by atoms with Crippen molar-refractivity contribution in [2.45, 2.75) is 93.6 Å². The van der Waals surface area contributed by atoms with Crippen LogP contribution in [0.1, 0.15) is 26.3 Å². The highest BCUT2D eigenvalue weighted by atomic mass is 31.3. The van der Waals surface area contributed by atoms with Gasteiger partial charge in [-0.2, -0.15) is 18.6 Å². The summed E-state index contributed by atoms with van der Waals surface area (Å²) in [5, 5.41) is 33.0. The van der Waals surface area contributed by atoms with Gasteiger partial charge in [-0.25, -0.2) is 38.2 Å². The molecule has 0 aliphatic carbocycles. The van der Waals surface area contributed by atoms with Gasteiger partial charge in [-0.15, -0.1) is 0 Å². The maximum absolute atomic E-state index is 13.9. The number of hydrogen-bond acceptors (Lipinski definition) is 31. The van der Waals surface area contributed by atoms with Crippen molar-refractivity contribution in [1.82, 2.24) is 49.0 Å². The third-order valence-electron chi connectivity index (χ3n) is 12.1. The van der Waals surface area contributed by atoms with Crippen molar-refractivity contribution in [2.24, 2.45) is 0 Å². The second-order valence-corrected chi connectivity index (χ2v) is 23.8. The minimum Gasteiger partial charge on any atom is -0.387 e. The van der Waals surface area contributed by atoms with Crippen LogP contribution in [0.4, 0.5) is 29.2 Å². The molecule has 3 saturated heterocycles. The molecule has 0 radical (unpaired) electrons. The molecule has 39 nitrogen and oxygen atoms in total. The van der Waals surface area contributed by atoms with Crippen LogP contribution in [0.15, 0.2) is 28.6 Å². The summed E-state index contributed by atoms with van der Waals surface area (Å²) in [4.78, 5) is 99.3.